The number of alkyl halides is 1. The van der Waals surface area contributed by atoms with Crippen LogP contribution >= 0.6 is 11.6 Å². The van der Waals surface area contributed by atoms with E-state index in [4.69, 9.17) is 11.6 Å². The zero-order valence-corrected chi connectivity index (χ0v) is 12.4. The van der Waals surface area contributed by atoms with Gasteiger partial charge in [0.2, 0.25) is 0 Å². The second-order valence-corrected chi connectivity index (χ2v) is 7.81. The third kappa shape index (κ3) is 2.98. The Bertz CT molecular complexity index is 256. The molecule has 100 valence electrons. The normalized spacial score (nSPS) is 42.4. The van der Waals surface area contributed by atoms with E-state index in [1.807, 2.05) is 0 Å². The van der Waals surface area contributed by atoms with Crippen LogP contribution in [-0.2, 0) is 0 Å². The number of hydrogen-bond donors (Lipinski definition) is 1. The van der Waals surface area contributed by atoms with E-state index in [0.717, 1.165) is 5.92 Å². The van der Waals surface area contributed by atoms with Gasteiger partial charge < -0.3 is 5.32 Å². The summed E-state index contributed by atoms with van der Waals surface area (Å²) in [5, 5.41) is 4.01. The minimum absolute atomic E-state index is 0.434. The summed E-state index contributed by atoms with van der Waals surface area (Å²) < 4.78 is 0. The molecule has 1 saturated heterocycles. The molecule has 1 saturated carbocycles. The van der Waals surface area contributed by atoms with Crippen LogP contribution in [0.15, 0.2) is 0 Å². The molecule has 0 amide bonds. The molecular formula is C15H28ClN. The highest BCUT2D eigenvalue weighted by Gasteiger charge is 2.44. The number of piperidine rings is 1. The molecule has 2 fully saturated rings. The van der Waals surface area contributed by atoms with Gasteiger partial charge in [0.15, 0.2) is 0 Å². The first-order valence-corrected chi connectivity index (χ1v) is 7.71. The monoisotopic (exact) mass is 257 g/mol. The lowest BCUT2D eigenvalue weighted by Crippen LogP contribution is -2.50. The van der Waals surface area contributed by atoms with Crippen LogP contribution in [0.3, 0.4) is 0 Å². The Balaban J connectivity index is 1.96. The molecule has 0 spiro atoms. The molecule has 1 heterocycles. The van der Waals surface area contributed by atoms with Gasteiger partial charge in [-0.3, -0.25) is 0 Å². The maximum atomic E-state index is 6.21. The summed E-state index contributed by atoms with van der Waals surface area (Å²) in [5.74, 6) is 0.923. The fraction of sp³-hybridized carbons (Fsp3) is 1.00. The molecule has 0 radical (unpaired) electrons. The van der Waals surface area contributed by atoms with Crippen molar-refractivity contribution >= 4 is 11.6 Å². The molecule has 1 unspecified atom stereocenters. The largest absolute Gasteiger partial charge is 0.316 e. The predicted octanol–water partition coefficient (Wildman–Crippen LogP) is 4.20. The Morgan fingerprint density at radius 3 is 2.35 bits per heavy atom. The van der Waals surface area contributed by atoms with E-state index in [1.165, 1.54) is 51.6 Å². The number of hydrogen-bond acceptors (Lipinski definition) is 1. The van der Waals surface area contributed by atoms with Gasteiger partial charge in [-0.15, -0.1) is 11.6 Å². The summed E-state index contributed by atoms with van der Waals surface area (Å²) >= 11 is 6.21. The molecule has 2 aliphatic rings. The molecule has 1 N–H and O–H groups in total. The molecule has 1 aliphatic carbocycles. The average molecular weight is 258 g/mol. The second kappa shape index (κ2) is 5.09. The van der Waals surface area contributed by atoms with E-state index in [1.54, 1.807) is 0 Å². The summed E-state index contributed by atoms with van der Waals surface area (Å²) in [6.07, 6.45) is 7.93. The van der Waals surface area contributed by atoms with Crippen LogP contribution in [0, 0.1) is 16.7 Å². The first-order chi connectivity index (χ1) is 7.93. The van der Waals surface area contributed by atoms with Crippen LogP contribution < -0.4 is 5.32 Å². The van der Waals surface area contributed by atoms with Crippen LogP contribution in [0.25, 0.3) is 0 Å². The molecule has 2 heteroatoms. The Morgan fingerprint density at radius 1 is 1.12 bits per heavy atom. The molecule has 2 rings (SSSR count). The molecule has 17 heavy (non-hydrogen) atoms. The zero-order valence-electron chi connectivity index (χ0n) is 11.7. The Hall–Kier alpha value is 0.250. The van der Waals surface area contributed by atoms with E-state index in [0.29, 0.717) is 16.2 Å². The van der Waals surface area contributed by atoms with Crippen molar-refractivity contribution in [3.63, 3.8) is 0 Å². The number of rotatable bonds is 2. The summed E-state index contributed by atoms with van der Waals surface area (Å²) in [6, 6.07) is 0. The van der Waals surface area contributed by atoms with Crippen LogP contribution in [0.5, 0.6) is 0 Å². The lowest BCUT2D eigenvalue weighted by molar-refractivity contribution is 0.0173. The zero-order chi connectivity index (χ0) is 12.5. The molecule has 0 aromatic heterocycles. The Morgan fingerprint density at radius 2 is 1.76 bits per heavy atom. The quantitative estimate of drug-likeness (QED) is 0.731. The van der Waals surface area contributed by atoms with E-state index >= 15 is 0 Å². The molecule has 0 aromatic carbocycles. The smallest absolute Gasteiger partial charge is 0.0336 e. The predicted molar refractivity (Wildman–Crippen MR) is 75.6 cm³/mol. The maximum absolute atomic E-state index is 6.21. The van der Waals surface area contributed by atoms with Crippen LogP contribution in [-0.4, -0.2) is 18.5 Å². The molecule has 1 aliphatic heterocycles. The first-order valence-electron chi connectivity index (χ1n) is 7.28. The average Bonchev–Trinajstić information content (AvgIpc) is 2.26. The first kappa shape index (κ1) is 13.7. The standard InChI is InChI=1S/C15H28ClN/c1-14(2)11-17-9-8-15(14,3)10-12-4-6-13(16)7-5-12/h12-13,17H,4-11H2,1-3H3. The van der Waals surface area contributed by atoms with Crippen LogP contribution in [0.4, 0.5) is 0 Å². The summed E-state index contributed by atoms with van der Waals surface area (Å²) in [7, 11) is 0. The van der Waals surface area contributed by atoms with Crippen molar-refractivity contribution < 1.29 is 0 Å². The van der Waals surface area contributed by atoms with Crippen molar-refractivity contribution in [3.05, 3.63) is 0 Å². The summed E-state index contributed by atoms with van der Waals surface area (Å²) in [5.41, 5.74) is 0.950. The lowest BCUT2D eigenvalue weighted by atomic mass is 9.58. The van der Waals surface area contributed by atoms with Crippen molar-refractivity contribution in [2.24, 2.45) is 16.7 Å². The van der Waals surface area contributed by atoms with Gasteiger partial charge >= 0.3 is 0 Å². The highest BCUT2D eigenvalue weighted by molar-refractivity contribution is 6.20. The van der Waals surface area contributed by atoms with Crippen molar-refractivity contribution in [2.45, 2.75) is 64.7 Å². The fourth-order valence-corrected chi connectivity index (χ4v) is 3.91. The van der Waals surface area contributed by atoms with Gasteiger partial charge in [-0.1, -0.05) is 20.8 Å². The number of nitrogens with one attached hydrogen (secondary N) is 1. The van der Waals surface area contributed by atoms with Gasteiger partial charge in [0.05, 0.1) is 0 Å². The molecule has 1 atom stereocenters. The SMILES string of the molecule is CC1(C)CNCCC1(C)CC1CCC(Cl)CC1. The van der Waals surface area contributed by atoms with Crippen LogP contribution in [0.2, 0.25) is 0 Å². The third-order valence-corrected chi connectivity index (χ3v) is 6.01. The second-order valence-electron chi connectivity index (χ2n) is 7.19. The third-order valence-electron chi connectivity index (χ3n) is 5.57. The van der Waals surface area contributed by atoms with E-state index in [-0.39, 0.29) is 0 Å². The lowest BCUT2D eigenvalue weighted by Gasteiger charge is -2.50. The van der Waals surface area contributed by atoms with E-state index < -0.39 is 0 Å². The van der Waals surface area contributed by atoms with Gasteiger partial charge in [-0.25, -0.2) is 0 Å². The van der Waals surface area contributed by atoms with Gasteiger partial charge in [0.25, 0.3) is 0 Å². The van der Waals surface area contributed by atoms with Crippen molar-refractivity contribution in [1.29, 1.82) is 0 Å². The highest BCUT2D eigenvalue weighted by atomic mass is 35.5. The molecule has 0 aromatic rings. The minimum Gasteiger partial charge on any atom is -0.316 e. The van der Waals surface area contributed by atoms with E-state index in [2.05, 4.69) is 26.1 Å². The van der Waals surface area contributed by atoms with E-state index in [9.17, 15) is 0 Å². The van der Waals surface area contributed by atoms with Crippen molar-refractivity contribution in [1.82, 2.24) is 5.32 Å². The molecule has 0 bridgehead atoms. The van der Waals surface area contributed by atoms with Crippen LogP contribution in [0.1, 0.15) is 59.3 Å². The summed E-state index contributed by atoms with van der Waals surface area (Å²) in [6.45, 7) is 9.76. The van der Waals surface area contributed by atoms with Gasteiger partial charge in [0, 0.05) is 11.9 Å². The van der Waals surface area contributed by atoms with Gasteiger partial charge in [-0.2, -0.15) is 0 Å². The fourth-order valence-electron chi connectivity index (χ4n) is 3.66. The highest BCUT2D eigenvalue weighted by Crippen LogP contribution is 2.49. The minimum atomic E-state index is 0.434. The van der Waals surface area contributed by atoms with Gasteiger partial charge in [0.1, 0.15) is 0 Å². The Kier molecular flexibility index (Phi) is 4.09. The van der Waals surface area contributed by atoms with Gasteiger partial charge in [-0.05, 0) is 61.8 Å². The van der Waals surface area contributed by atoms with Crippen molar-refractivity contribution in [3.8, 4) is 0 Å². The topological polar surface area (TPSA) is 12.0 Å². The Labute approximate surface area is 112 Å². The molecule has 1 nitrogen and oxygen atoms in total. The summed E-state index contributed by atoms with van der Waals surface area (Å²) in [4.78, 5) is 0. The van der Waals surface area contributed by atoms with Crippen molar-refractivity contribution in [2.75, 3.05) is 13.1 Å². The maximum Gasteiger partial charge on any atom is 0.0336 e. The number of halogens is 1. The molecular weight excluding hydrogens is 230 g/mol.